The maximum atomic E-state index is 13.2. The minimum Gasteiger partial charge on any atom is -0.495 e. The van der Waals surface area contributed by atoms with E-state index in [0.29, 0.717) is 12.1 Å². The second kappa shape index (κ2) is 6.27. The molecule has 0 fully saturated rings. The van der Waals surface area contributed by atoms with E-state index < -0.39 is 0 Å². The van der Waals surface area contributed by atoms with Gasteiger partial charge in [0.25, 0.3) is 0 Å². The predicted octanol–water partition coefficient (Wildman–Crippen LogP) is 4.83. The molecular formula is C16H17BrFNO. The fraction of sp³-hybridized carbons (Fsp3) is 0.250. The molecule has 0 unspecified atom stereocenters. The van der Waals surface area contributed by atoms with Gasteiger partial charge < -0.3 is 10.1 Å². The van der Waals surface area contributed by atoms with Crippen molar-refractivity contribution in [1.29, 1.82) is 0 Å². The molecular weight excluding hydrogens is 321 g/mol. The normalized spacial score (nSPS) is 10.4. The number of hydrogen-bond acceptors (Lipinski definition) is 2. The van der Waals surface area contributed by atoms with Crippen LogP contribution in [-0.4, -0.2) is 7.11 Å². The van der Waals surface area contributed by atoms with Crippen LogP contribution < -0.4 is 10.1 Å². The first-order chi connectivity index (χ1) is 9.51. The van der Waals surface area contributed by atoms with E-state index in [4.69, 9.17) is 4.74 Å². The molecule has 0 spiro atoms. The first-order valence-corrected chi connectivity index (χ1v) is 7.13. The Morgan fingerprint density at radius 2 is 1.90 bits per heavy atom. The van der Waals surface area contributed by atoms with Gasteiger partial charge in [0.15, 0.2) is 0 Å². The number of hydrogen-bond donors (Lipinski definition) is 1. The van der Waals surface area contributed by atoms with Crippen molar-refractivity contribution < 1.29 is 9.13 Å². The van der Waals surface area contributed by atoms with Crippen molar-refractivity contribution in [1.82, 2.24) is 0 Å². The Bertz CT molecular complexity index is 628. The molecule has 0 atom stereocenters. The Kier molecular flexibility index (Phi) is 4.65. The van der Waals surface area contributed by atoms with Crippen LogP contribution in [0.3, 0.4) is 0 Å². The highest BCUT2D eigenvalue weighted by molar-refractivity contribution is 9.10. The van der Waals surface area contributed by atoms with Gasteiger partial charge in [-0.2, -0.15) is 0 Å². The van der Waals surface area contributed by atoms with E-state index in [1.807, 2.05) is 25.1 Å². The molecule has 2 nitrogen and oxygen atoms in total. The van der Waals surface area contributed by atoms with Crippen LogP contribution in [0.4, 0.5) is 10.1 Å². The Morgan fingerprint density at radius 1 is 1.15 bits per heavy atom. The predicted molar refractivity (Wildman–Crippen MR) is 83.9 cm³/mol. The molecule has 4 heteroatoms. The van der Waals surface area contributed by atoms with Crippen LogP contribution in [-0.2, 0) is 6.54 Å². The fourth-order valence-corrected chi connectivity index (χ4v) is 2.66. The molecule has 20 heavy (non-hydrogen) atoms. The fourth-order valence-electron chi connectivity index (χ4n) is 2.11. The molecule has 0 aliphatic rings. The molecule has 0 aromatic heterocycles. The number of ether oxygens (including phenoxy) is 1. The van der Waals surface area contributed by atoms with E-state index >= 15 is 0 Å². The van der Waals surface area contributed by atoms with Crippen molar-refractivity contribution in [2.75, 3.05) is 12.4 Å². The number of aryl methyl sites for hydroxylation is 2. The highest BCUT2D eigenvalue weighted by atomic mass is 79.9. The van der Waals surface area contributed by atoms with Crippen molar-refractivity contribution in [3.8, 4) is 5.75 Å². The monoisotopic (exact) mass is 337 g/mol. The third-order valence-corrected chi connectivity index (χ3v) is 3.63. The Balaban J connectivity index is 2.20. The lowest BCUT2D eigenvalue weighted by atomic mass is 10.1. The van der Waals surface area contributed by atoms with Crippen LogP contribution in [0.5, 0.6) is 5.75 Å². The quantitative estimate of drug-likeness (QED) is 0.862. The average molecular weight is 338 g/mol. The molecule has 0 radical (unpaired) electrons. The summed E-state index contributed by atoms with van der Waals surface area (Å²) < 4.78 is 19.6. The van der Waals surface area contributed by atoms with Crippen molar-refractivity contribution in [3.63, 3.8) is 0 Å². The summed E-state index contributed by atoms with van der Waals surface area (Å²) >= 11 is 3.45. The van der Waals surface area contributed by atoms with Gasteiger partial charge in [0.2, 0.25) is 0 Å². The van der Waals surface area contributed by atoms with E-state index in [1.54, 1.807) is 20.1 Å². The number of benzene rings is 2. The van der Waals surface area contributed by atoms with Crippen LogP contribution in [0, 0.1) is 19.7 Å². The summed E-state index contributed by atoms with van der Waals surface area (Å²) in [4.78, 5) is 0. The molecule has 0 saturated carbocycles. The summed E-state index contributed by atoms with van der Waals surface area (Å²) in [6.07, 6.45) is 0. The molecule has 0 amide bonds. The summed E-state index contributed by atoms with van der Waals surface area (Å²) in [6.45, 7) is 4.41. The zero-order valence-corrected chi connectivity index (χ0v) is 13.3. The molecule has 106 valence electrons. The number of anilines is 1. The molecule has 0 saturated heterocycles. The molecule has 0 aliphatic carbocycles. The van der Waals surface area contributed by atoms with Crippen molar-refractivity contribution in [3.05, 3.63) is 57.3 Å². The van der Waals surface area contributed by atoms with Crippen molar-refractivity contribution in [2.45, 2.75) is 20.4 Å². The van der Waals surface area contributed by atoms with Gasteiger partial charge in [0.1, 0.15) is 11.6 Å². The average Bonchev–Trinajstić information content (AvgIpc) is 2.40. The lowest BCUT2D eigenvalue weighted by Crippen LogP contribution is -2.04. The summed E-state index contributed by atoms with van der Waals surface area (Å²) in [5.74, 6) is 0.613. The molecule has 2 rings (SSSR count). The van der Waals surface area contributed by atoms with E-state index in [0.717, 1.165) is 27.0 Å². The summed E-state index contributed by atoms with van der Waals surface area (Å²) in [6, 6.07) is 9.09. The van der Waals surface area contributed by atoms with Gasteiger partial charge in [-0.05, 0) is 48.7 Å². The van der Waals surface area contributed by atoms with E-state index in [1.165, 1.54) is 6.07 Å². The molecule has 0 bridgehead atoms. The number of halogens is 2. The minimum atomic E-state index is -0.175. The van der Waals surface area contributed by atoms with Gasteiger partial charge in [-0.3, -0.25) is 0 Å². The first kappa shape index (κ1) is 14.9. The topological polar surface area (TPSA) is 21.3 Å². The maximum absolute atomic E-state index is 13.2. The zero-order chi connectivity index (χ0) is 14.7. The maximum Gasteiger partial charge on any atom is 0.143 e. The molecule has 2 aromatic rings. The van der Waals surface area contributed by atoms with Gasteiger partial charge in [0.05, 0.1) is 12.8 Å². The largest absolute Gasteiger partial charge is 0.495 e. The highest BCUT2D eigenvalue weighted by Crippen LogP contribution is 2.32. The van der Waals surface area contributed by atoms with Crippen molar-refractivity contribution >= 4 is 21.6 Å². The smallest absolute Gasteiger partial charge is 0.143 e. The van der Waals surface area contributed by atoms with Gasteiger partial charge >= 0.3 is 0 Å². The van der Waals surface area contributed by atoms with Crippen LogP contribution >= 0.6 is 15.9 Å². The Morgan fingerprint density at radius 3 is 2.55 bits per heavy atom. The van der Waals surface area contributed by atoms with E-state index in [9.17, 15) is 4.39 Å². The third kappa shape index (κ3) is 3.31. The second-order valence-electron chi connectivity index (χ2n) is 4.74. The third-order valence-electron chi connectivity index (χ3n) is 3.18. The Labute approximate surface area is 127 Å². The Hall–Kier alpha value is -1.55. The standard InChI is InChI=1S/C16H17BrFNO/c1-10-6-12(4-5-14(10)18)9-19-16-11(2)7-13(17)8-15(16)20-3/h4-8,19H,9H2,1-3H3. The van der Waals surface area contributed by atoms with Crippen LogP contribution in [0.25, 0.3) is 0 Å². The van der Waals surface area contributed by atoms with E-state index in [-0.39, 0.29) is 5.82 Å². The highest BCUT2D eigenvalue weighted by Gasteiger charge is 2.08. The van der Waals surface area contributed by atoms with Crippen LogP contribution in [0.2, 0.25) is 0 Å². The molecule has 0 heterocycles. The van der Waals surface area contributed by atoms with E-state index in [2.05, 4.69) is 21.2 Å². The van der Waals surface area contributed by atoms with Gasteiger partial charge in [-0.25, -0.2) is 4.39 Å². The summed E-state index contributed by atoms with van der Waals surface area (Å²) in [5.41, 5.74) is 3.74. The second-order valence-corrected chi connectivity index (χ2v) is 5.65. The van der Waals surface area contributed by atoms with Crippen LogP contribution in [0.1, 0.15) is 16.7 Å². The minimum absolute atomic E-state index is 0.175. The molecule has 0 aliphatic heterocycles. The zero-order valence-electron chi connectivity index (χ0n) is 11.8. The molecule has 1 N–H and O–H groups in total. The number of nitrogens with one attached hydrogen (secondary N) is 1. The lowest BCUT2D eigenvalue weighted by molar-refractivity contribution is 0.416. The number of rotatable bonds is 4. The van der Waals surface area contributed by atoms with Crippen LogP contribution in [0.15, 0.2) is 34.8 Å². The summed E-state index contributed by atoms with van der Waals surface area (Å²) in [7, 11) is 1.65. The van der Waals surface area contributed by atoms with Gasteiger partial charge in [-0.15, -0.1) is 0 Å². The molecule has 2 aromatic carbocycles. The van der Waals surface area contributed by atoms with Gasteiger partial charge in [-0.1, -0.05) is 28.1 Å². The SMILES string of the molecule is COc1cc(Br)cc(C)c1NCc1ccc(F)c(C)c1. The number of methoxy groups -OCH3 is 1. The summed E-state index contributed by atoms with van der Waals surface area (Å²) in [5, 5.41) is 3.35. The lowest BCUT2D eigenvalue weighted by Gasteiger charge is -2.15. The van der Waals surface area contributed by atoms with Gasteiger partial charge in [0, 0.05) is 11.0 Å². The first-order valence-electron chi connectivity index (χ1n) is 6.34. The van der Waals surface area contributed by atoms with Crippen molar-refractivity contribution in [2.24, 2.45) is 0 Å².